The van der Waals surface area contributed by atoms with Crippen LogP contribution in [0.25, 0.3) is 22.6 Å². The van der Waals surface area contributed by atoms with Gasteiger partial charge < -0.3 is 9.88 Å². The summed E-state index contributed by atoms with van der Waals surface area (Å²) in [6.45, 7) is 1.96. The molecule has 5 aromatic rings. The van der Waals surface area contributed by atoms with E-state index in [0.29, 0.717) is 11.2 Å². The highest BCUT2D eigenvalue weighted by atomic mass is 16.1. The van der Waals surface area contributed by atoms with Crippen LogP contribution < -0.4 is 5.32 Å². The third-order valence-electron chi connectivity index (χ3n) is 5.26. The van der Waals surface area contributed by atoms with Crippen LogP contribution in [0.3, 0.4) is 0 Å². The van der Waals surface area contributed by atoms with Crippen LogP contribution in [-0.2, 0) is 0 Å². The van der Waals surface area contributed by atoms with Crippen LogP contribution in [0.4, 0.5) is 0 Å². The Kier molecular flexibility index (Phi) is 4.76. The summed E-state index contributed by atoms with van der Waals surface area (Å²) in [6, 6.07) is 19.6. The summed E-state index contributed by atoms with van der Waals surface area (Å²) in [5, 5.41) is 7.47. The van der Waals surface area contributed by atoms with Crippen molar-refractivity contribution in [1.29, 1.82) is 0 Å². The van der Waals surface area contributed by atoms with Crippen LogP contribution in [0.5, 0.6) is 0 Å². The smallest absolute Gasteiger partial charge is 0.257 e. The molecule has 152 valence electrons. The van der Waals surface area contributed by atoms with E-state index in [-0.39, 0.29) is 11.9 Å². The zero-order valence-electron chi connectivity index (χ0n) is 16.9. The van der Waals surface area contributed by atoms with Gasteiger partial charge in [-0.1, -0.05) is 42.5 Å². The van der Waals surface area contributed by atoms with E-state index in [4.69, 9.17) is 0 Å². The summed E-state index contributed by atoms with van der Waals surface area (Å²) in [6.07, 6.45) is 8.65. The van der Waals surface area contributed by atoms with Crippen molar-refractivity contribution in [3.8, 4) is 16.9 Å². The van der Waals surface area contributed by atoms with Gasteiger partial charge in [0.25, 0.3) is 5.91 Å². The fraction of sp³-hybridized carbons (Fsp3) is 0.0833. The van der Waals surface area contributed by atoms with Gasteiger partial charge in [0.05, 0.1) is 24.3 Å². The summed E-state index contributed by atoms with van der Waals surface area (Å²) in [5.41, 5.74) is 4.89. The van der Waals surface area contributed by atoms with Crippen LogP contribution in [-0.4, -0.2) is 30.1 Å². The van der Waals surface area contributed by atoms with Crippen LogP contribution >= 0.6 is 0 Å². The van der Waals surface area contributed by atoms with Crippen molar-refractivity contribution in [2.75, 3.05) is 0 Å². The minimum Gasteiger partial charge on any atom is -0.345 e. The number of benzene rings is 2. The van der Waals surface area contributed by atoms with Crippen molar-refractivity contribution < 1.29 is 4.79 Å². The van der Waals surface area contributed by atoms with Crippen molar-refractivity contribution in [2.24, 2.45) is 0 Å². The number of fused-ring (bicyclic) bond motifs is 1. The molecule has 31 heavy (non-hydrogen) atoms. The molecule has 2 aromatic carbocycles. The minimum absolute atomic E-state index is 0.170. The van der Waals surface area contributed by atoms with Crippen molar-refractivity contribution in [2.45, 2.75) is 13.0 Å². The molecule has 0 radical (unpaired) electrons. The molecule has 3 aromatic heterocycles. The normalized spacial score (nSPS) is 12.0. The van der Waals surface area contributed by atoms with E-state index in [2.05, 4.69) is 20.4 Å². The molecule has 0 saturated heterocycles. The fourth-order valence-corrected chi connectivity index (χ4v) is 3.58. The lowest BCUT2D eigenvalue weighted by atomic mass is 10.1. The first-order valence-corrected chi connectivity index (χ1v) is 9.98. The average molecular weight is 408 g/mol. The Morgan fingerprint density at radius 3 is 2.55 bits per heavy atom. The Bertz CT molecular complexity index is 1320. The molecular weight excluding hydrogens is 388 g/mol. The molecule has 0 aliphatic carbocycles. The molecule has 1 atom stereocenters. The zero-order chi connectivity index (χ0) is 21.2. The van der Waals surface area contributed by atoms with Gasteiger partial charge in [-0.25, -0.2) is 14.5 Å². The van der Waals surface area contributed by atoms with Gasteiger partial charge in [0.2, 0.25) is 0 Å². The van der Waals surface area contributed by atoms with E-state index in [1.807, 2.05) is 78.4 Å². The number of hydrogen-bond acceptors (Lipinski definition) is 4. The number of carbonyl (C=O) groups is 1. The first-order chi connectivity index (χ1) is 15.2. The molecule has 0 spiro atoms. The minimum atomic E-state index is -0.209. The average Bonchev–Trinajstić information content (AvgIpc) is 3.50. The van der Waals surface area contributed by atoms with Gasteiger partial charge in [-0.05, 0) is 30.7 Å². The molecule has 7 nitrogen and oxygen atoms in total. The van der Waals surface area contributed by atoms with Crippen molar-refractivity contribution in [1.82, 2.24) is 29.5 Å². The highest BCUT2D eigenvalue weighted by molar-refractivity contribution is 6.00. The van der Waals surface area contributed by atoms with E-state index in [1.165, 1.54) is 0 Å². The molecule has 5 rings (SSSR count). The van der Waals surface area contributed by atoms with E-state index >= 15 is 0 Å². The predicted molar refractivity (Wildman–Crippen MR) is 118 cm³/mol. The van der Waals surface area contributed by atoms with Gasteiger partial charge in [-0.2, -0.15) is 5.10 Å². The SMILES string of the molecule is CC(NC(=O)c1cnn2c(-c3ccccc3)ccnc12)c1ccc(-n2ccnc2)cc1. The number of hydrogen-bond donors (Lipinski definition) is 1. The molecule has 0 aliphatic heterocycles. The van der Waals surface area contributed by atoms with Crippen molar-refractivity contribution in [3.05, 3.63) is 103 Å². The Labute approximate surface area is 179 Å². The maximum atomic E-state index is 13.0. The molecule has 1 unspecified atom stereocenters. The fourth-order valence-electron chi connectivity index (χ4n) is 3.58. The van der Waals surface area contributed by atoms with Gasteiger partial charge in [0.1, 0.15) is 5.56 Å². The molecule has 7 heteroatoms. The monoisotopic (exact) mass is 408 g/mol. The van der Waals surface area contributed by atoms with Gasteiger partial charge in [0, 0.05) is 29.8 Å². The predicted octanol–water partition coefficient (Wildman–Crippen LogP) is 4.07. The molecule has 1 amide bonds. The lowest BCUT2D eigenvalue weighted by Gasteiger charge is -2.14. The quantitative estimate of drug-likeness (QED) is 0.476. The third-order valence-corrected chi connectivity index (χ3v) is 5.26. The van der Waals surface area contributed by atoms with Gasteiger partial charge in [0.15, 0.2) is 5.65 Å². The second kappa shape index (κ2) is 7.87. The van der Waals surface area contributed by atoms with Gasteiger partial charge >= 0.3 is 0 Å². The Morgan fingerprint density at radius 1 is 1.00 bits per heavy atom. The second-order valence-corrected chi connectivity index (χ2v) is 7.25. The lowest BCUT2D eigenvalue weighted by Crippen LogP contribution is -2.26. The molecular formula is C24H20N6O. The standard InChI is InChI=1S/C24H20N6O/c1-17(18-7-9-20(10-8-18)29-14-13-25-16-29)28-24(31)21-15-27-30-22(11-12-26-23(21)30)19-5-3-2-4-6-19/h2-17H,1H3,(H,28,31). The molecule has 0 fully saturated rings. The molecule has 3 heterocycles. The summed E-state index contributed by atoms with van der Waals surface area (Å²) in [5.74, 6) is -0.209. The summed E-state index contributed by atoms with van der Waals surface area (Å²) < 4.78 is 3.64. The summed E-state index contributed by atoms with van der Waals surface area (Å²) in [4.78, 5) is 21.5. The van der Waals surface area contributed by atoms with Crippen LogP contribution in [0.1, 0.15) is 28.9 Å². The Morgan fingerprint density at radius 2 is 1.81 bits per heavy atom. The Balaban J connectivity index is 1.38. The van der Waals surface area contributed by atoms with E-state index in [9.17, 15) is 4.79 Å². The number of carbonyl (C=O) groups excluding carboxylic acids is 1. The Hall–Kier alpha value is -4.26. The van der Waals surface area contributed by atoms with Crippen LogP contribution in [0.15, 0.2) is 91.8 Å². The molecule has 1 N–H and O–H groups in total. The molecule has 0 saturated carbocycles. The highest BCUT2D eigenvalue weighted by Crippen LogP contribution is 2.21. The van der Waals surface area contributed by atoms with E-state index < -0.39 is 0 Å². The summed E-state index contributed by atoms with van der Waals surface area (Å²) >= 11 is 0. The second-order valence-electron chi connectivity index (χ2n) is 7.25. The van der Waals surface area contributed by atoms with Crippen LogP contribution in [0.2, 0.25) is 0 Å². The number of nitrogens with zero attached hydrogens (tertiary/aromatic N) is 5. The van der Waals surface area contributed by atoms with Crippen molar-refractivity contribution >= 4 is 11.6 Å². The number of rotatable bonds is 5. The third kappa shape index (κ3) is 3.57. The van der Waals surface area contributed by atoms with Gasteiger partial charge in [-0.15, -0.1) is 0 Å². The maximum Gasteiger partial charge on any atom is 0.257 e. The first-order valence-electron chi connectivity index (χ1n) is 9.98. The number of imidazole rings is 1. The van der Waals surface area contributed by atoms with E-state index in [1.54, 1.807) is 29.4 Å². The summed E-state index contributed by atoms with van der Waals surface area (Å²) in [7, 11) is 0. The number of aromatic nitrogens is 5. The van der Waals surface area contributed by atoms with Crippen molar-refractivity contribution in [3.63, 3.8) is 0 Å². The highest BCUT2D eigenvalue weighted by Gasteiger charge is 2.18. The largest absolute Gasteiger partial charge is 0.345 e. The van der Waals surface area contributed by atoms with E-state index in [0.717, 1.165) is 22.5 Å². The zero-order valence-corrected chi connectivity index (χ0v) is 16.9. The maximum absolute atomic E-state index is 13.0. The first kappa shape index (κ1) is 18.7. The topological polar surface area (TPSA) is 77.1 Å². The molecule has 0 bridgehead atoms. The lowest BCUT2D eigenvalue weighted by molar-refractivity contribution is 0.0941. The van der Waals surface area contributed by atoms with Gasteiger partial charge in [-0.3, -0.25) is 4.79 Å². The number of nitrogens with one attached hydrogen (secondary N) is 1. The molecule has 0 aliphatic rings. The van der Waals surface area contributed by atoms with Crippen LogP contribution in [0, 0.1) is 0 Å². The number of amides is 1.